The number of benzene rings is 1. The molecule has 1 unspecified atom stereocenters. The number of aliphatic hydroxyl groups is 1. The second kappa shape index (κ2) is 8.08. The summed E-state index contributed by atoms with van der Waals surface area (Å²) in [7, 11) is 2.11. The van der Waals surface area contributed by atoms with E-state index in [4.69, 9.17) is 4.98 Å². The highest BCUT2D eigenvalue weighted by atomic mass is 16.3. The van der Waals surface area contributed by atoms with E-state index in [1.807, 2.05) is 41.5 Å². The molecule has 1 aliphatic rings. The van der Waals surface area contributed by atoms with Crippen molar-refractivity contribution in [1.29, 1.82) is 0 Å². The number of likely N-dealkylation sites (N-methyl/N-ethyl adjacent to an activating group) is 1. The number of hydrogen-bond acceptors (Lipinski definition) is 6. The maximum absolute atomic E-state index is 9.32. The molecule has 0 spiro atoms. The molecule has 0 aliphatic carbocycles. The maximum atomic E-state index is 9.32. The van der Waals surface area contributed by atoms with E-state index in [9.17, 15) is 5.11 Å². The Hall–Kier alpha value is -2.77. The normalized spacial score (nSPS) is 17.8. The van der Waals surface area contributed by atoms with Crippen LogP contribution < -0.4 is 4.90 Å². The van der Waals surface area contributed by atoms with Crippen LogP contribution in [0.5, 0.6) is 0 Å². The first-order valence-corrected chi connectivity index (χ1v) is 9.66. The van der Waals surface area contributed by atoms with Crippen LogP contribution in [-0.2, 0) is 0 Å². The lowest BCUT2D eigenvalue weighted by molar-refractivity contribution is 0.170. The number of piperazine rings is 1. The zero-order chi connectivity index (χ0) is 19.5. The van der Waals surface area contributed by atoms with Gasteiger partial charge < -0.3 is 10.0 Å². The molecule has 1 atom stereocenters. The highest BCUT2D eigenvalue weighted by Gasteiger charge is 2.25. The topological polar surface area (TPSA) is 70.3 Å². The van der Waals surface area contributed by atoms with E-state index in [0.29, 0.717) is 6.04 Å². The molecule has 0 saturated carbocycles. The number of nitrogens with zero attached hydrogens (tertiary/aromatic N) is 6. The molecule has 1 aromatic carbocycles. The SMILES string of the molecule is Cc1ccccc1-n1cc(-c2ccnc(N3CCN(C)C(CCO)C3)n2)cn1. The van der Waals surface area contributed by atoms with E-state index >= 15 is 0 Å². The van der Waals surface area contributed by atoms with Gasteiger partial charge in [-0.05, 0) is 38.1 Å². The Labute approximate surface area is 165 Å². The fourth-order valence-corrected chi connectivity index (χ4v) is 3.66. The number of hydrogen-bond donors (Lipinski definition) is 1. The maximum Gasteiger partial charge on any atom is 0.225 e. The quantitative estimate of drug-likeness (QED) is 0.734. The second-order valence-corrected chi connectivity index (χ2v) is 7.29. The molecule has 1 saturated heterocycles. The molecule has 2 aromatic heterocycles. The first-order valence-electron chi connectivity index (χ1n) is 9.66. The third-order valence-corrected chi connectivity index (χ3v) is 5.41. The summed E-state index contributed by atoms with van der Waals surface area (Å²) < 4.78 is 1.89. The predicted octanol–water partition coefficient (Wildman–Crippen LogP) is 2.14. The van der Waals surface area contributed by atoms with Crippen molar-refractivity contribution < 1.29 is 5.11 Å². The Bertz CT molecular complexity index is 940. The Morgan fingerprint density at radius 2 is 2.04 bits per heavy atom. The van der Waals surface area contributed by atoms with Crippen molar-refractivity contribution in [3.63, 3.8) is 0 Å². The summed E-state index contributed by atoms with van der Waals surface area (Å²) in [6.45, 7) is 4.91. The molecule has 3 heterocycles. The molecule has 0 amide bonds. The smallest absolute Gasteiger partial charge is 0.225 e. The number of rotatable bonds is 5. The van der Waals surface area contributed by atoms with Crippen LogP contribution in [0, 0.1) is 6.92 Å². The van der Waals surface area contributed by atoms with Gasteiger partial charge in [0, 0.05) is 50.2 Å². The van der Waals surface area contributed by atoms with Crippen LogP contribution in [0.3, 0.4) is 0 Å². The van der Waals surface area contributed by atoms with Gasteiger partial charge in [0.2, 0.25) is 5.95 Å². The highest BCUT2D eigenvalue weighted by Crippen LogP contribution is 2.22. The first-order chi connectivity index (χ1) is 13.7. The molecule has 0 bridgehead atoms. The minimum Gasteiger partial charge on any atom is -0.396 e. The standard InChI is InChI=1S/C21H26N6O/c1-16-5-3-4-6-20(16)27-14-17(13-23-27)19-7-9-22-21(24-19)26-11-10-25(2)18(15-26)8-12-28/h3-7,9,13-14,18,28H,8,10-12,15H2,1-2H3. The van der Waals surface area contributed by atoms with Gasteiger partial charge in [0.15, 0.2) is 0 Å². The van der Waals surface area contributed by atoms with E-state index in [-0.39, 0.29) is 6.61 Å². The summed E-state index contributed by atoms with van der Waals surface area (Å²) in [6.07, 6.45) is 6.42. The van der Waals surface area contributed by atoms with Gasteiger partial charge in [-0.2, -0.15) is 5.10 Å². The third kappa shape index (κ3) is 3.76. The Morgan fingerprint density at radius 3 is 2.86 bits per heavy atom. The summed E-state index contributed by atoms with van der Waals surface area (Å²) in [6, 6.07) is 10.4. The molecule has 4 rings (SSSR count). The number of aromatic nitrogens is 4. The second-order valence-electron chi connectivity index (χ2n) is 7.29. The van der Waals surface area contributed by atoms with E-state index in [2.05, 4.69) is 46.0 Å². The molecule has 7 nitrogen and oxygen atoms in total. The molecular formula is C21H26N6O. The Morgan fingerprint density at radius 1 is 1.18 bits per heavy atom. The highest BCUT2D eigenvalue weighted by molar-refractivity contribution is 5.59. The summed E-state index contributed by atoms with van der Waals surface area (Å²) in [4.78, 5) is 13.8. The fraction of sp³-hybridized carbons (Fsp3) is 0.381. The van der Waals surface area contributed by atoms with Crippen LogP contribution in [0.4, 0.5) is 5.95 Å². The minimum atomic E-state index is 0.196. The van der Waals surface area contributed by atoms with Crippen LogP contribution >= 0.6 is 0 Å². The van der Waals surface area contributed by atoms with Gasteiger partial charge in [-0.25, -0.2) is 14.6 Å². The zero-order valence-electron chi connectivity index (χ0n) is 16.4. The van der Waals surface area contributed by atoms with Crippen molar-refractivity contribution >= 4 is 5.95 Å². The van der Waals surface area contributed by atoms with Crippen molar-refractivity contribution in [2.75, 3.05) is 38.2 Å². The van der Waals surface area contributed by atoms with Gasteiger partial charge in [-0.15, -0.1) is 0 Å². The van der Waals surface area contributed by atoms with E-state index in [1.54, 1.807) is 0 Å². The van der Waals surface area contributed by atoms with Crippen LogP contribution in [0.15, 0.2) is 48.9 Å². The third-order valence-electron chi connectivity index (χ3n) is 5.41. The van der Waals surface area contributed by atoms with E-state index < -0.39 is 0 Å². The Balaban J connectivity index is 1.57. The zero-order valence-corrected chi connectivity index (χ0v) is 16.4. The van der Waals surface area contributed by atoms with Gasteiger partial charge >= 0.3 is 0 Å². The average Bonchev–Trinajstić information content (AvgIpc) is 3.20. The van der Waals surface area contributed by atoms with E-state index in [0.717, 1.165) is 48.9 Å². The van der Waals surface area contributed by atoms with Gasteiger partial charge in [0.05, 0.1) is 17.6 Å². The summed E-state index contributed by atoms with van der Waals surface area (Å²) in [5.41, 5.74) is 4.07. The molecule has 146 valence electrons. The van der Waals surface area contributed by atoms with E-state index in [1.165, 1.54) is 5.56 Å². The molecular weight excluding hydrogens is 352 g/mol. The number of anilines is 1. The van der Waals surface area contributed by atoms with Gasteiger partial charge in [0.1, 0.15) is 0 Å². The first kappa shape index (κ1) is 18.6. The molecule has 7 heteroatoms. The largest absolute Gasteiger partial charge is 0.396 e. The van der Waals surface area contributed by atoms with Gasteiger partial charge in [-0.1, -0.05) is 18.2 Å². The molecule has 1 fully saturated rings. The fourth-order valence-electron chi connectivity index (χ4n) is 3.66. The van der Waals surface area contributed by atoms with Crippen molar-refractivity contribution in [3.05, 3.63) is 54.5 Å². The molecule has 3 aromatic rings. The van der Waals surface area contributed by atoms with Crippen LogP contribution in [0.1, 0.15) is 12.0 Å². The predicted molar refractivity (Wildman–Crippen MR) is 110 cm³/mol. The average molecular weight is 378 g/mol. The van der Waals surface area contributed by atoms with Crippen molar-refractivity contribution in [3.8, 4) is 16.9 Å². The Kier molecular flexibility index (Phi) is 5.36. The summed E-state index contributed by atoms with van der Waals surface area (Å²) in [5, 5.41) is 13.8. The van der Waals surface area contributed by atoms with Gasteiger partial charge in [0.25, 0.3) is 0 Å². The summed E-state index contributed by atoms with van der Waals surface area (Å²) >= 11 is 0. The summed E-state index contributed by atoms with van der Waals surface area (Å²) in [5.74, 6) is 0.734. The lowest BCUT2D eigenvalue weighted by Crippen LogP contribution is -2.52. The molecule has 0 radical (unpaired) electrons. The molecule has 1 N–H and O–H groups in total. The minimum absolute atomic E-state index is 0.196. The molecule has 1 aliphatic heterocycles. The van der Waals surface area contributed by atoms with Crippen molar-refractivity contribution in [1.82, 2.24) is 24.6 Å². The monoisotopic (exact) mass is 378 g/mol. The van der Waals surface area contributed by atoms with Crippen LogP contribution in [-0.4, -0.2) is 69.1 Å². The number of aryl methyl sites for hydroxylation is 1. The van der Waals surface area contributed by atoms with Crippen molar-refractivity contribution in [2.24, 2.45) is 0 Å². The number of aliphatic hydroxyl groups excluding tert-OH is 1. The molecule has 28 heavy (non-hydrogen) atoms. The van der Waals surface area contributed by atoms with Gasteiger partial charge in [-0.3, -0.25) is 4.90 Å². The van der Waals surface area contributed by atoms with Crippen LogP contribution in [0.25, 0.3) is 16.9 Å². The number of para-hydroxylation sites is 1. The van der Waals surface area contributed by atoms with Crippen molar-refractivity contribution in [2.45, 2.75) is 19.4 Å². The lowest BCUT2D eigenvalue weighted by Gasteiger charge is -2.39. The van der Waals surface area contributed by atoms with Crippen LogP contribution in [0.2, 0.25) is 0 Å². The lowest BCUT2D eigenvalue weighted by atomic mass is 10.1.